The van der Waals surface area contributed by atoms with Crippen LogP contribution >= 0.6 is 0 Å². The highest BCUT2D eigenvalue weighted by Gasteiger charge is 2.14. The maximum atomic E-state index is 4.37. The van der Waals surface area contributed by atoms with Crippen molar-refractivity contribution in [1.29, 1.82) is 0 Å². The molecule has 68 valence electrons. The van der Waals surface area contributed by atoms with Crippen LogP contribution in [0.4, 0.5) is 5.95 Å². The molecule has 0 aliphatic carbocycles. The van der Waals surface area contributed by atoms with Gasteiger partial charge in [0.05, 0.1) is 5.69 Å². The van der Waals surface area contributed by atoms with Gasteiger partial charge in [-0.2, -0.15) is 0 Å². The maximum Gasteiger partial charge on any atom is 0.225 e. The van der Waals surface area contributed by atoms with Gasteiger partial charge in [0, 0.05) is 19.3 Å². The zero-order chi connectivity index (χ0) is 9.10. The lowest BCUT2D eigenvalue weighted by molar-refractivity contribution is 0.896. The van der Waals surface area contributed by atoms with Gasteiger partial charge < -0.3 is 4.90 Å². The minimum absolute atomic E-state index is 0.842. The fraction of sp³-hybridized carbons (Fsp3) is 0.400. The molecule has 0 aromatic carbocycles. The van der Waals surface area contributed by atoms with Gasteiger partial charge in [0.15, 0.2) is 0 Å². The van der Waals surface area contributed by atoms with Gasteiger partial charge in [-0.3, -0.25) is 0 Å². The van der Waals surface area contributed by atoms with Crippen molar-refractivity contribution in [2.75, 3.05) is 18.0 Å². The van der Waals surface area contributed by atoms with Crippen molar-refractivity contribution in [1.82, 2.24) is 9.97 Å². The van der Waals surface area contributed by atoms with E-state index in [-0.39, 0.29) is 0 Å². The number of anilines is 1. The van der Waals surface area contributed by atoms with E-state index in [9.17, 15) is 0 Å². The Bertz CT molecular complexity index is 303. The first-order valence-electron chi connectivity index (χ1n) is 4.60. The summed E-state index contributed by atoms with van der Waals surface area (Å²) in [5.41, 5.74) is 0.900. The van der Waals surface area contributed by atoms with E-state index >= 15 is 0 Å². The molecule has 2 heterocycles. The molecule has 13 heavy (non-hydrogen) atoms. The highest BCUT2D eigenvalue weighted by molar-refractivity contribution is 5.44. The SMILES string of the molecule is C=Cc1ccnc(N2CCCC2)n1. The molecule has 0 bridgehead atoms. The molecule has 1 aliphatic heterocycles. The molecule has 0 unspecified atom stereocenters. The Hall–Kier alpha value is -1.38. The predicted octanol–water partition coefficient (Wildman–Crippen LogP) is 1.72. The van der Waals surface area contributed by atoms with E-state index in [0.717, 1.165) is 24.7 Å². The molecule has 0 amide bonds. The van der Waals surface area contributed by atoms with Crippen LogP contribution in [0.5, 0.6) is 0 Å². The summed E-state index contributed by atoms with van der Waals surface area (Å²) in [6.45, 7) is 5.86. The molecule has 1 saturated heterocycles. The summed E-state index contributed by atoms with van der Waals surface area (Å²) < 4.78 is 0. The van der Waals surface area contributed by atoms with Gasteiger partial charge >= 0.3 is 0 Å². The molecule has 1 fully saturated rings. The van der Waals surface area contributed by atoms with E-state index < -0.39 is 0 Å². The minimum Gasteiger partial charge on any atom is -0.341 e. The van der Waals surface area contributed by atoms with Crippen LogP contribution in [0.1, 0.15) is 18.5 Å². The number of hydrogen-bond acceptors (Lipinski definition) is 3. The van der Waals surface area contributed by atoms with Gasteiger partial charge in [0.1, 0.15) is 0 Å². The first-order valence-corrected chi connectivity index (χ1v) is 4.60. The third-order valence-electron chi connectivity index (χ3n) is 2.26. The number of aromatic nitrogens is 2. The van der Waals surface area contributed by atoms with E-state index in [4.69, 9.17) is 0 Å². The van der Waals surface area contributed by atoms with Crippen LogP contribution in [-0.4, -0.2) is 23.1 Å². The first kappa shape index (κ1) is 8.23. The number of rotatable bonds is 2. The minimum atomic E-state index is 0.842. The van der Waals surface area contributed by atoms with Crippen LogP contribution in [-0.2, 0) is 0 Å². The monoisotopic (exact) mass is 175 g/mol. The van der Waals surface area contributed by atoms with Crippen LogP contribution < -0.4 is 4.90 Å². The van der Waals surface area contributed by atoms with Gasteiger partial charge in [-0.1, -0.05) is 6.58 Å². The number of hydrogen-bond donors (Lipinski definition) is 0. The predicted molar refractivity (Wildman–Crippen MR) is 53.6 cm³/mol. The van der Waals surface area contributed by atoms with Crippen molar-refractivity contribution < 1.29 is 0 Å². The van der Waals surface area contributed by atoms with Crippen LogP contribution in [0, 0.1) is 0 Å². The summed E-state index contributed by atoms with van der Waals surface area (Å²) in [6.07, 6.45) is 6.04. The molecule has 0 radical (unpaired) electrons. The lowest BCUT2D eigenvalue weighted by Crippen LogP contribution is -2.20. The van der Waals surface area contributed by atoms with Crippen molar-refractivity contribution >= 4 is 12.0 Å². The van der Waals surface area contributed by atoms with Gasteiger partial charge in [-0.05, 0) is 25.0 Å². The molecule has 3 nitrogen and oxygen atoms in total. The van der Waals surface area contributed by atoms with E-state index in [1.54, 1.807) is 12.3 Å². The van der Waals surface area contributed by atoms with Crippen molar-refractivity contribution in [3.8, 4) is 0 Å². The van der Waals surface area contributed by atoms with Gasteiger partial charge in [0.2, 0.25) is 5.95 Å². The lowest BCUT2D eigenvalue weighted by Gasteiger charge is -2.14. The highest BCUT2D eigenvalue weighted by Crippen LogP contribution is 2.15. The topological polar surface area (TPSA) is 29.0 Å². The molecule has 3 heteroatoms. The normalized spacial score (nSPS) is 16.2. The van der Waals surface area contributed by atoms with Crippen LogP contribution in [0.3, 0.4) is 0 Å². The molecule has 0 spiro atoms. The molecule has 2 rings (SSSR count). The highest BCUT2D eigenvalue weighted by atomic mass is 15.3. The van der Waals surface area contributed by atoms with E-state index in [2.05, 4.69) is 21.4 Å². The van der Waals surface area contributed by atoms with Gasteiger partial charge in [-0.25, -0.2) is 9.97 Å². The Morgan fingerprint density at radius 2 is 2.15 bits per heavy atom. The summed E-state index contributed by atoms with van der Waals surface area (Å²) in [5.74, 6) is 0.842. The fourth-order valence-electron chi connectivity index (χ4n) is 1.55. The smallest absolute Gasteiger partial charge is 0.225 e. The van der Waals surface area contributed by atoms with Crippen LogP contribution in [0.15, 0.2) is 18.8 Å². The first-order chi connectivity index (χ1) is 6.40. The third-order valence-corrected chi connectivity index (χ3v) is 2.26. The summed E-state index contributed by atoms with van der Waals surface area (Å²) in [6, 6.07) is 1.87. The van der Waals surface area contributed by atoms with Crippen LogP contribution in [0.2, 0.25) is 0 Å². The van der Waals surface area contributed by atoms with Crippen LogP contribution in [0.25, 0.3) is 6.08 Å². The zero-order valence-electron chi connectivity index (χ0n) is 7.61. The van der Waals surface area contributed by atoms with E-state index in [1.807, 2.05) is 6.07 Å². The Morgan fingerprint density at radius 1 is 1.38 bits per heavy atom. The van der Waals surface area contributed by atoms with E-state index in [1.165, 1.54) is 12.8 Å². The Kier molecular flexibility index (Phi) is 2.25. The van der Waals surface area contributed by atoms with Gasteiger partial charge in [-0.15, -0.1) is 0 Å². The van der Waals surface area contributed by atoms with Crippen molar-refractivity contribution in [3.63, 3.8) is 0 Å². The fourth-order valence-corrected chi connectivity index (χ4v) is 1.55. The molecule has 0 N–H and O–H groups in total. The second kappa shape index (κ2) is 3.56. The van der Waals surface area contributed by atoms with Crippen molar-refractivity contribution in [3.05, 3.63) is 24.5 Å². The summed E-state index contributed by atoms with van der Waals surface area (Å²) >= 11 is 0. The molecule has 1 aromatic heterocycles. The van der Waals surface area contributed by atoms with E-state index in [0.29, 0.717) is 0 Å². The molecule has 0 atom stereocenters. The largest absolute Gasteiger partial charge is 0.341 e. The molecular weight excluding hydrogens is 162 g/mol. The Morgan fingerprint density at radius 3 is 2.85 bits per heavy atom. The Balaban J connectivity index is 2.23. The standard InChI is InChI=1S/C10H13N3/c1-2-9-5-6-11-10(12-9)13-7-3-4-8-13/h2,5-6H,1,3-4,7-8H2. The number of nitrogens with zero attached hydrogens (tertiary/aromatic N) is 3. The summed E-state index contributed by atoms with van der Waals surface area (Å²) in [4.78, 5) is 10.8. The molecule has 0 saturated carbocycles. The second-order valence-electron chi connectivity index (χ2n) is 3.18. The maximum absolute atomic E-state index is 4.37. The lowest BCUT2D eigenvalue weighted by atomic mass is 10.4. The quantitative estimate of drug-likeness (QED) is 0.685. The average molecular weight is 175 g/mol. The summed E-state index contributed by atoms with van der Waals surface area (Å²) in [5, 5.41) is 0. The molecule has 1 aromatic rings. The molecule has 1 aliphatic rings. The molecular formula is C10H13N3. The zero-order valence-corrected chi connectivity index (χ0v) is 7.61. The summed E-state index contributed by atoms with van der Waals surface area (Å²) in [7, 11) is 0. The third kappa shape index (κ3) is 1.69. The Labute approximate surface area is 78.1 Å². The van der Waals surface area contributed by atoms with Crippen molar-refractivity contribution in [2.24, 2.45) is 0 Å². The van der Waals surface area contributed by atoms with Gasteiger partial charge in [0.25, 0.3) is 0 Å². The average Bonchev–Trinajstić information content (AvgIpc) is 2.71. The van der Waals surface area contributed by atoms with Crippen molar-refractivity contribution in [2.45, 2.75) is 12.8 Å². The second-order valence-corrected chi connectivity index (χ2v) is 3.18.